The van der Waals surface area contributed by atoms with Crippen LogP contribution in [-0.2, 0) is 20.0 Å². The van der Waals surface area contributed by atoms with Crippen LogP contribution >= 0.6 is 0 Å². The minimum absolute atomic E-state index is 0.450. The van der Waals surface area contributed by atoms with Crippen LogP contribution < -0.4 is 5.32 Å². The number of nitrogens with zero attached hydrogens (tertiary/aromatic N) is 4. The third kappa shape index (κ3) is 2.39. The van der Waals surface area contributed by atoms with Gasteiger partial charge in [-0.3, -0.25) is 0 Å². The van der Waals surface area contributed by atoms with Crippen molar-refractivity contribution in [1.82, 2.24) is 19.7 Å². The van der Waals surface area contributed by atoms with E-state index in [1.165, 1.54) is 0 Å². The van der Waals surface area contributed by atoms with Crippen molar-refractivity contribution in [2.45, 2.75) is 26.3 Å². The van der Waals surface area contributed by atoms with E-state index in [0.29, 0.717) is 18.5 Å². The Kier molecular flexibility index (Phi) is 3.19. The molecule has 6 nitrogen and oxygen atoms in total. The van der Waals surface area contributed by atoms with Gasteiger partial charge in [0.05, 0.1) is 6.54 Å². The van der Waals surface area contributed by atoms with E-state index in [1.807, 2.05) is 17.8 Å². The molecule has 6 heteroatoms. The van der Waals surface area contributed by atoms with Gasteiger partial charge in [0.1, 0.15) is 5.82 Å². The molecule has 2 rings (SSSR count). The van der Waals surface area contributed by atoms with Gasteiger partial charge in [-0.2, -0.15) is 0 Å². The van der Waals surface area contributed by atoms with Crippen molar-refractivity contribution in [3.63, 3.8) is 0 Å². The first-order valence-corrected chi connectivity index (χ1v) is 5.32. The van der Waals surface area contributed by atoms with Gasteiger partial charge >= 0.3 is 6.01 Å². The number of aryl methyl sites for hydroxylation is 2. The minimum atomic E-state index is 0.450. The SMILES string of the molecule is CCCc1nnc(NCc2nccn2C)o1. The molecule has 0 atom stereocenters. The molecule has 0 spiro atoms. The third-order valence-electron chi connectivity index (χ3n) is 2.25. The van der Waals surface area contributed by atoms with Crippen LogP contribution in [0, 0.1) is 0 Å². The maximum atomic E-state index is 5.39. The molecule has 2 aromatic heterocycles. The molecule has 0 saturated carbocycles. The zero-order chi connectivity index (χ0) is 11.4. The van der Waals surface area contributed by atoms with Crippen molar-refractivity contribution in [2.24, 2.45) is 7.05 Å². The fourth-order valence-corrected chi connectivity index (χ4v) is 1.36. The van der Waals surface area contributed by atoms with Gasteiger partial charge in [-0.1, -0.05) is 12.0 Å². The zero-order valence-electron chi connectivity index (χ0n) is 9.47. The monoisotopic (exact) mass is 221 g/mol. The average Bonchev–Trinajstić information content (AvgIpc) is 2.86. The fraction of sp³-hybridized carbons (Fsp3) is 0.500. The molecule has 16 heavy (non-hydrogen) atoms. The van der Waals surface area contributed by atoms with Crippen molar-refractivity contribution in [3.05, 3.63) is 24.1 Å². The Morgan fingerprint density at radius 3 is 3.00 bits per heavy atom. The summed E-state index contributed by atoms with van der Waals surface area (Å²) in [6, 6.07) is 0.450. The van der Waals surface area contributed by atoms with Crippen LogP contribution in [0.15, 0.2) is 16.8 Å². The molecular formula is C10H15N5O. The van der Waals surface area contributed by atoms with E-state index in [2.05, 4.69) is 27.4 Å². The standard InChI is InChI=1S/C10H15N5O/c1-3-4-9-13-14-10(16-9)12-7-8-11-5-6-15(8)2/h5-6H,3-4,7H2,1-2H3,(H,12,14). The predicted molar refractivity (Wildman–Crippen MR) is 58.8 cm³/mol. The average molecular weight is 221 g/mol. The maximum Gasteiger partial charge on any atom is 0.315 e. The summed E-state index contributed by atoms with van der Waals surface area (Å²) in [6.45, 7) is 2.66. The summed E-state index contributed by atoms with van der Waals surface area (Å²) in [5, 5.41) is 10.9. The molecule has 0 radical (unpaired) electrons. The molecule has 0 aliphatic heterocycles. The lowest BCUT2D eigenvalue weighted by Crippen LogP contribution is -2.05. The van der Waals surface area contributed by atoms with E-state index >= 15 is 0 Å². The van der Waals surface area contributed by atoms with Crippen LogP contribution in [-0.4, -0.2) is 19.7 Å². The Balaban J connectivity index is 1.92. The van der Waals surface area contributed by atoms with Crippen molar-refractivity contribution < 1.29 is 4.42 Å². The largest absolute Gasteiger partial charge is 0.408 e. The predicted octanol–water partition coefficient (Wildman–Crippen LogP) is 1.37. The second-order valence-corrected chi connectivity index (χ2v) is 3.56. The quantitative estimate of drug-likeness (QED) is 0.825. The lowest BCUT2D eigenvalue weighted by molar-refractivity contribution is 0.500. The van der Waals surface area contributed by atoms with Crippen molar-refractivity contribution in [3.8, 4) is 0 Å². The highest BCUT2D eigenvalue weighted by Gasteiger charge is 2.05. The van der Waals surface area contributed by atoms with Crippen molar-refractivity contribution in [2.75, 3.05) is 5.32 Å². The molecular weight excluding hydrogens is 206 g/mol. The number of imidazole rings is 1. The normalized spacial score (nSPS) is 10.6. The molecule has 0 aliphatic rings. The van der Waals surface area contributed by atoms with E-state index in [9.17, 15) is 0 Å². The molecule has 1 N–H and O–H groups in total. The van der Waals surface area contributed by atoms with Crippen LogP contribution in [0.4, 0.5) is 6.01 Å². The van der Waals surface area contributed by atoms with Crippen LogP contribution in [0.2, 0.25) is 0 Å². The van der Waals surface area contributed by atoms with Crippen LogP contribution in [0.5, 0.6) is 0 Å². The highest BCUT2D eigenvalue weighted by molar-refractivity contribution is 5.18. The smallest absolute Gasteiger partial charge is 0.315 e. The van der Waals surface area contributed by atoms with Gasteiger partial charge in [-0.05, 0) is 6.42 Å². The van der Waals surface area contributed by atoms with E-state index in [-0.39, 0.29) is 0 Å². The summed E-state index contributed by atoms with van der Waals surface area (Å²) in [7, 11) is 1.94. The number of hydrogen-bond acceptors (Lipinski definition) is 5. The lowest BCUT2D eigenvalue weighted by atomic mass is 10.3. The molecule has 86 valence electrons. The van der Waals surface area contributed by atoms with Gasteiger partial charge in [0.2, 0.25) is 5.89 Å². The molecule has 0 fully saturated rings. The van der Waals surface area contributed by atoms with E-state index in [1.54, 1.807) is 6.20 Å². The topological polar surface area (TPSA) is 68.8 Å². The summed E-state index contributed by atoms with van der Waals surface area (Å²) in [6.07, 6.45) is 5.47. The third-order valence-corrected chi connectivity index (χ3v) is 2.25. The zero-order valence-corrected chi connectivity index (χ0v) is 9.47. The Bertz CT molecular complexity index is 448. The van der Waals surface area contributed by atoms with E-state index in [4.69, 9.17) is 4.42 Å². The van der Waals surface area contributed by atoms with Gasteiger partial charge in [-0.25, -0.2) is 4.98 Å². The van der Waals surface area contributed by atoms with E-state index in [0.717, 1.165) is 18.7 Å². The Morgan fingerprint density at radius 2 is 2.31 bits per heavy atom. The molecule has 2 aromatic rings. The first kappa shape index (κ1) is 10.7. The Hall–Kier alpha value is -1.85. The van der Waals surface area contributed by atoms with Crippen molar-refractivity contribution in [1.29, 1.82) is 0 Å². The van der Waals surface area contributed by atoms with E-state index < -0.39 is 0 Å². The molecule has 0 amide bonds. The highest BCUT2D eigenvalue weighted by atomic mass is 16.4. The van der Waals surface area contributed by atoms with Gasteiger partial charge in [0.25, 0.3) is 0 Å². The molecule has 0 unspecified atom stereocenters. The van der Waals surface area contributed by atoms with Crippen molar-refractivity contribution >= 4 is 6.01 Å². The molecule has 0 aliphatic carbocycles. The van der Waals surface area contributed by atoms with Gasteiger partial charge in [-0.15, -0.1) is 5.10 Å². The fourth-order valence-electron chi connectivity index (χ4n) is 1.36. The molecule has 0 bridgehead atoms. The van der Waals surface area contributed by atoms with Crippen LogP contribution in [0.1, 0.15) is 25.1 Å². The molecule has 0 aromatic carbocycles. The maximum absolute atomic E-state index is 5.39. The Labute approximate surface area is 93.7 Å². The minimum Gasteiger partial charge on any atom is -0.408 e. The summed E-state index contributed by atoms with van der Waals surface area (Å²) < 4.78 is 7.33. The number of rotatable bonds is 5. The second-order valence-electron chi connectivity index (χ2n) is 3.56. The van der Waals surface area contributed by atoms with Crippen LogP contribution in [0.3, 0.4) is 0 Å². The highest BCUT2D eigenvalue weighted by Crippen LogP contribution is 2.08. The van der Waals surface area contributed by atoms with Gasteiger partial charge in [0.15, 0.2) is 0 Å². The summed E-state index contributed by atoms with van der Waals surface area (Å²) in [5.41, 5.74) is 0. The van der Waals surface area contributed by atoms with Crippen LogP contribution in [0.25, 0.3) is 0 Å². The summed E-state index contributed by atoms with van der Waals surface area (Å²) in [5.74, 6) is 1.60. The number of hydrogen-bond donors (Lipinski definition) is 1. The molecule has 0 saturated heterocycles. The summed E-state index contributed by atoms with van der Waals surface area (Å²) in [4.78, 5) is 4.18. The number of aromatic nitrogens is 4. The first-order valence-electron chi connectivity index (χ1n) is 5.32. The van der Waals surface area contributed by atoms with Gasteiger partial charge < -0.3 is 14.3 Å². The number of anilines is 1. The second kappa shape index (κ2) is 4.78. The molecule has 2 heterocycles. The Morgan fingerprint density at radius 1 is 1.44 bits per heavy atom. The summed E-state index contributed by atoms with van der Waals surface area (Å²) >= 11 is 0. The number of nitrogens with one attached hydrogen (secondary N) is 1. The first-order chi connectivity index (χ1) is 7.79. The van der Waals surface area contributed by atoms with Gasteiger partial charge in [0, 0.05) is 25.9 Å². The lowest BCUT2D eigenvalue weighted by Gasteiger charge is -2.00.